The van der Waals surface area contributed by atoms with Crippen molar-refractivity contribution in [1.29, 1.82) is 0 Å². The Morgan fingerprint density at radius 3 is 2.29 bits per heavy atom. The Bertz CT molecular complexity index is 1060. The molecule has 0 spiro atoms. The average Bonchev–Trinajstić information content (AvgIpc) is 2.63. The number of carbonyl (C=O) groups is 2. The van der Waals surface area contributed by atoms with Crippen LogP contribution in [0.25, 0.3) is 0 Å². The SMILES string of the molecule is CC[C@@H](C(=O)Nc1ccccc1C(=O)NC(C)(C)C)N(c1cccc(Cl)c1)S(C)(=O)=O. The molecular weight excluding hydrogens is 438 g/mol. The first-order valence-corrected chi connectivity index (χ1v) is 12.0. The number of hydrogen-bond donors (Lipinski definition) is 2. The summed E-state index contributed by atoms with van der Waals surface area (Å²) in [5.74, 6) is -0.893. The summed E-state index contributed by atoms with van der Waals surface area (Å²) in [5, 5.41) is 5.94. The second kappa shape index (κ2) is 9.70. The second-order valence-electron chi connectivity index (χ2n) is 8.20. The van der Waals surface area contributed by atoms with Crippen molar-refractivity contribution in [3.63, 3.8) is 0 Å². The molecule has 0 unspecified atom stereocenters. The van der Waals surface area contributed by atoms with Gasteiger partial charge in [-0.3, -0.25) is 13.9 Å². The summed E-state index contributed by atoms with van der Waals surface area (Å²) in [4.78, 5) is 25.8. The summed E-state index contributed by atoms with van der Waals surface area (Å²) >= 11 is 6.04. The van der Waals surface area contributed by atoms with E-state index in [-0.39, 0.29) is 23.6 Å². The third kappa shape index (κ3) is 6.70. The van der Waals surface area contributed by atoms with Gasteiger partial charge < -0.3 is 10.6 Å². The van der Waals surface area contributed by atoms with Gasteiger partial charge in [0.2, 0.25) is 15.9 Å². The molecule has 7 nitrogen and oxygen atoms in total. The van der Waals surface area contributed by atoms with Crippen LogP contribution >= 0.6 is 11.6 Å². The third-order valence-corrected chi connectivity index (χ3v) is 5.73. The topological polar surface area (TPSA) is 95.6 Å². The standard InChI is InChI=1S/C22H28ClN3O4S/c1-6-19(26(31(5,29)30)16-11-9-10-15(23)14-16)21(28)24-18-13-8-7-12-17(18)20(27)25-22(2,3)4/h7-14,19H,6H2,1-5H3,(H,24,28)(H,25,27)/t19-/m0/s1. The molecule has 0 fully saturated rings. The van der Waals surface area contributed by atoms with Crippen molar-refractivity contribution in [1.82, 2.24) is 5.32 Å². The first kappa shape index (κ1) is 24.7. The number of anilines is 2. The summed E-state index contributed by atoms with van der Waals surface area (Å²) in [5.41, 5.74) is 0.414. The van der Waals surface area contributed by atoms with Crippen LogP contribution in [0.5, 0.6) is 0 Å². The molecule has 0 aliphatic heterocycles. The lowest BCUT2D eigenvalue weighted by molar-refractivity contribution is -0.117. The van der Waals surface area contributed by atoms with E-state index in [0.29, 0.717) is 10.7 Å². The van der Waals surface area contributed by atoms with Crippen LogP contribution in [0.1, 0.15) is 44.5 Å². The summed E-state index contributed by atoms with van der Waals surface area (Å²) < 4.78 is 26.2. The van der Waals surface area contributed by atoms with Gasteiger partial charge in [0, 0.05) is 10.6 Å². The molecule has 2 aromatic carbocycles. The highest BCUT2D eigenvalue weighted by molar-refractivity contribution is 7.92. The zero-order valence-electron chi connectivity index (χ0n) is 18.3. The van der Waals surface area contributed by atoms with Gasteiger partial charge in [-0.1, -0.05) is 36.7 Å². The van der Waals surface area contributed by atoms with E-state index in [1.165, 1.54) is 6.07 Å². The van der Waals surface area contributed by atoms with Gasteiger partial charge in [0.15, 0.2) is 0 Å². The van der Waals surface area contributed by atoms with E-state index >= 15 is 0 Å². The van der Waals surface area contributed by atoms with E-state index in [0.717, 1.165) is 10.6 Å². The van der Waals surface area contributed by atoms with E-state index in [9.17, 15) is 18.0 Å². The maximum atomic E-state index is 13.2. The fourth-order valence-corrected chi connectivity index (χ4v) is 4.48. The Balaban J connectivity index is 2.40. The van der Waals surface area contributed by atoms with Crippen molar-refractivity contribution < 1.29 is 18.0 Å². The molecule has 2 N–H and O–H groups in total. The van der Waals surface area contributed by atoms with Gasteiger partial charge in [0.05, 0.1) is 23.2 Å². The highest BCUT2D eigenvalue weighted by atomic mass is 35.5. The molecule has 0 heterocycles. The Hall–Kier alpha value is -2.58. The van der Waals surface area contributed by atoms with E-state index in [4.69, 9.17) is 11.6 Å². The van der Waals surface area contributed by atoms with Gasteiger partial charge in [-0.15, -0.1) is 0 Å². The molecule has 0 saturated carbocycles. The van der Waals surface area contributed by atoms with Crippen LogP contribution in [-0.4, -0.2) is 38.1 Å². The fourth-order valence-electron chi connectivity index (χ4n) is 3.09. The number of nitrogens with one attached hydrogen (secondary N) is 2. The molecule has 1 atom stereocenters. The molecular formula is C22H28ClN3O4S. The molecule has 0 bridgehead atoms. The van der Waals surface area contributed by atoms with Crippen molar-refractivity contribution in [2.75, 3.05) is 15.9 Å². The quantitative estimate of drug-likeness (QED) is 0.644. The van der Waals surface area contributed by atoms with Crippen LogP contribution in [-0.2, 0) is 14.8 Å². The normalized spacial score (nSPS) is 12.7. The number of sulfonamides is 1. The lowest BCUT2D eigenvalue weighted by Gasteiger charge is -2.30. The predicted octanol–water partition coefficient (Wildman–Crippen LogP) is 4.05. The molecule has 9 heteroatoms. The number of amides is 2. The summed E-state index contributed by atoms with van der Waals surface area (Å²) in [6.45, 7) is 7.28. The zero-order valence-corrected chi connectivity index (χ0v) is 19.8. The Kier molecular flexibility index (Phi) is 7.72. The summed E-state index contributed by atoms with van der Waals surface area (Å²) in [6.07, 6.45) is 1.25. The monoisotopic (exact) mass is 465 g/mol. The van der Waals surface area contributed by atoms with Gasteiger partial charge in [-0.2, -0.15) is 0 Å². The van der Waals surface area contributed by atoms with Crippen LogP contribution < -0.4 is 14.9 Å². The van der Waals surface area contributed by atoms with Gasteiger partial charge in [-0.05, 0) is 57.5 Å². The smallest absolute Gasteiger partial charge is 0.253 e. The minimum absolute atomic E-state index is 0.210. The van der Waals surface area contributed by atoms with Gasteiger partial charge in [0.25, 0.3) is 5.91 Å². The average molecular weight is 466 g/mol. The van der Waals surface area contributed by atoms with E-state index < -0.39 is 27.5 Å². The summed E-state index contributed by atoms with van der Waals surface area (Å²) in [6, 6.07) is 11.9. The second-order valence-corrected chi connectivity index (χ2v) is 10.5. The van der Waals surface area contributed by atoms with Gasteiger partial charge >= 0.3 is 0 Å². The van der Waals surface area contributed by atoms with Crippen molar-refractivity contribution in [2.45, 2.75) is 45.7 Å². The highest BCUT2D eigenvalue weighted by Gasteiger charge is 2.32. The van der Waals surface area contributed by atoms with Crippen LogP contribution in [0.15, 0.2) is 48.5 Å². The van der Waals surface area contributed by atoms with Crippen LogP contribution in [0.4, 0.5) is 11.4 Å². The first-order valence-electron chi connectivity index (χ1n) is 9.81. The fraction of sp³-hybridized carbons (Fsp3) is 0.364. The number of benzene rings is 2. The van der Waals surface area contributed by atoms with Gasteiger partial charge in [-0.25, -0.2) is 8.42 Å². The Labute approximate surface area is 188 Å². The molecule has 31 heavy (non-hydrogen) atoms. The van der Waals surface area contributed by atoms with Crippen molar-refractivity contribution in [3.8, 4) is 0 Å². The maximum absolute atomic E-state index is 13.2. The molecule has 0 aliphatic rings. The van der Waals surface area contributed by atoms with Crippen molar-refractivity contribution in [2.24, 2.45) is 0 Å². The molecule has 168 valence electrons. The maximum Gasteiger partial charge on any atom is 0.253 e. The molecule has 0 aliphatic carbocycles. The number of para-hydroxylation sites is 1. The lowest BCUT2D eigenvalue weighted by atomic mass is 10.1. The molecule has 2 aromatic rings. The van der Waals surface area contributed by atoms with Crippen molar-refractivity contribution >= 4 is 44.8 Å². The van der Waals surface area contributed by atoms with E-state index in [1.54, 1.807) is 49.4 Å². The summed E-state index contributed by atoms with van der Waals surface area (Å²) in [7, 11) is -3.80. The molecule has 2 rings (SSSR count). The minimum Gasteiger partial charge on any atom is -0.347 e. The number of nitrogens with zero attached hydrogens (tertiary/aromatic N) is 1. The van der Waals surface area contributed by atoms with Crippen LogP contribution in [0, 0.1) is 0 Å². The molecule has 0 aromatic heterocycles. The number of carbonyl (C=O) groups excluding carboxylic acids is 2. The minimum atomic E-state index is -3.80. The van der Waals surface area contributed by atoms with Gasteiger partial charge in [0.1, 0.15) is 6.04 Å². The zero-order chi connectivity index (χ0) is 23.4. The number of rotatable bonds is 7. The molecule has 0 radical (unpaired) electrons. The largest absolute Gasteiger partial charge is 0.347 e. The highest BCUT2D eigenvalue weighted by Crippen LogP contribution is 2.26. The molecule has 2 amide bonds. The van der Waals surface area contributed by atoms with Crippen LogP contribution in [0.2, 0.25) is 5.02 Å². The lowest BCUT2D eigenvalue weighted by Crippen LogP contribution is -2.47. The molecule has 0 saturated heterocycles. The number of halogens is 1. The first-order chi connectivity index (χ1) is 14.3. The number of hydrogen-bond acceptors (Lipinski definition) is 4. The van der Waals surface area contributed by atoms with E-state index in [1.807, 2.05) is 20.8 Å². The Morgan fingerprint density at radius 2 is 1.74 bits per heavy atom. The van der Waals surface area contributed by atoms with E-state index in [2.05, 4.69) is 10.6 Å². The van der Waals surface area contributed by atoms with Crippen molar-refractivity contribution in [3.05, 3.63) is 59.1 Å². The third-order valence-electron chi connectivity index (χ3n) is 4.31. The van der Waals surface area contributed by atoms with Crippen LogP contribution in [0.3, 0.4) is 0 Å². The Morgan fingerprint density at radius 1 is 1.10 bits per heavy atom. The predicted molar refractivity (Wildman–Crippen MR) is 125 cm³/mol.